The maximum Gasteiger partial charge on any atom is 0.113 e. The molecule has 1 aromatic heterocycles. The van der Waals surface area contributed by atoms with Crippen molar-refractivity contribution in [3.8, 4) is 0 Å². The molecule has 3 rings (SSSR count). The number of hydrogen-bond donors (Lipinski definition) is 1. The smallest absolute Gasteiger partial charge is 0.113 e. The fourth-order valence-corrected chi connectivity index (χ4v) is 3.16. The van der Waals surface area contributed by atoms with Crippen molar-refractivity contribution in [1.82, 2.24) is 14.9 Å². The molecule has 1 N–H and O–H groups in total. The average Bonchev–Trinajstić information content (AvgIpc) is 3.05. The van der Waals surface area contributed by atoms with Gasteiger partial charge in [0.05, 0.1) is 0 Å². The summed E-state index contributed by atoms with van der Waals surface area (Å²) in [5.74, 6) is 1.17. The van der Waals surface area contributed by atoms with E-state index < -0.39 is 0 Å². The topological polar surface area (TPSA) is 29.9 Å². The average molecular weight is 255 g/mol. The fraction of sp³-hybridized carbons (Fsp3) is 0.438. The van der Waals surface area contributed by atoms with Crippen molar-refractivity contribution in [3.05, 3.63) is 53.1 Å². The molecule has 0 aliphatic heterocycles. The minimum atomic E-state index is 0.529. The molecule has 1 unspecified atom stereocenters. The number of fused-ring (bicyclic) bond motifs is 1. The molecular formula is C16H21N3. The van der Waals surface area contributed by atoms with Gasteiger partial charge < -0.3 is 9.88 Å². The van der Waals surface area contributed by atoms with Gasteiger partial charge in [-0.25, -0.2) is 4.98 Å². The lowest BCUT2D eigenvalue weighted by Gasteiger charge is -2.12. The van der Waals surface area contributed by atoms with E-state index in [1.165, 1.54) is 35.4 Å². The molecule has 0 saturated heterocycles. The predicted molar refractivity (Wildman–Crippen MR) is 77.3 cm³/mol. The molecule has 1 aliphatic carbocycles. The Morgan fingerprint density at radius 1 is 1.42 bits per heavy atom. The highest BCUT2D eigenvalue weighted by Crippen LogP contribution is 2.33. The molecule has 0 radical (unpaired) electrons. The van der Waals surface area contributed by atoms with Crippen molar-refractivity contribution in [1.29, 1.82) is 0 Å². The monoisotopic (exact) mass is 255 g/mol. The molecule has 19 heavy (non-hydrogen) atoms. The largest absolute Gasteiger partial charge is 0.335 e. The second-order valence-electron chi connectivity index (χ2n) is 5.17. The summed E-state index contributed by atoms with van der Waals surface area (Å²) in [5, 5.41) is 3.41. The summed E-state index contributed by atoms with van der Waals surface area (Å²) in [5.41, 5.74) is 4.46. The Kier molecular flexibility index (Phi) is 3.38. The van der Waals surface area contributed by atoms with Gasteiger partial charge in [0.2, 0.25) is 0 Å². The quantitative estimate of drug-likeness (QED) is 0.910. The van der Waals surface area contributed by atoms with E-state index in [1.54, 1.807) is 0 Å². The second-order valence-corrected chi connectivity index (χ2v) is 5.17. The van der Waals surface area contributed by atoms with E-state index in [1.807, 2.05) is 6.20 Å². The first-order chi connectivity index (χ1) is 9.33. The van der Waals surface area contributed by atoms with E-state index in [-0.39, 0.29) is 0 Å². The van der Waals surface area contributed by atoms with Crippen LogP contribution < -0.4 is 5.32 Å². The molecule has 0 fully saturated rings. The molecule has 3 nitrogen and oxygen atoms in total. The van der Waals surface area contributed by atoms with Gasteiger partial charge in [0.1, 0.15) is 5.82 Å². The lowest BCUT2D eigenvalue weighted by molar-refractivity contribution is 0.590. The maximum absolute atomic E-state index is 4.49. The van der Waals surface area contributed by atoms with Gasteiger partial charge in [-0.3, -0.25) is 0 Å². The molecule has 0 saturated carbocycles. The van der Waals surface area contributed by atoms with Crippen molar-refractivity contribution in [2.45, 2.75) is 38.8 Å². The molecule has 0 spiro atoms. The van der Waals surface area contributed by atoms with Crippen molar-refractivity contribution in [3.63, 3.8) is 0 Å². The minimum Gasteiger partial charge on any atom is -0.335 e. The third-order valence-corrected chi connectivity index (χ3v) is 4.21. The normalized spacial score (nSPS) is 17.7. The third-order valence-electron chi connectivity index (χ3n) is 4.21. The Morgan fingerprint density at radius 3 is 3.11 bits per heavy atom. The van der Waals surface area contributed by atoms with Crippen molar-refractivity contribution >= 4 is 0 Å². The predicted octanol–water partition coefficient (Wildman–Crippen LogP) is 2.70. The van der Waals surface area contributed by atoms with Crippen LogP contribution in [-0.2, 0) is 19.4 Å². The van der Waals surface area contributed by atoms with Gasteiger partial charge in [-0.05, 0) is 43.5 Å². The molecule has 1 atom stereocenters. The van der Waals surface area contributed by atoms with Gasteiger partial charge >= 0.3 is 0 Å². The second kappa shape index (κ2) is 5.17. The van der Waals surface area contributed by atoms with Gasteiger partial charge in [-0.2, -0.15) is 0 Å². The number of benzene rings is 1. The first-order valence-electron chi connectivity index (χ1n) is 7.11. The molecule has 1 heterocycles. The van der Waals surface area contributed by atoms with E-state index in [9.17, 15) is 0 Å². The Labute approximate surface area is 114 Å². The number of aromatic nitrogens is 2. The van der Waals surface area contributed by atoms with E-state index in [0.29, 0.717) is 6.04 Å². The fourth-order valence-electron chi connectivity index (χ4n) is 3.16. The summed E-state index contributed by atoms with van der Waals surface area (Å²) in [7, 11) is 2.05. The van der Waals surface area contributed by atoms with Crippen LogP contribution in [0.1, 0.15) is 41.9 Å². The van der Waals surface area contributed by atoms with Gasteiger partial charge in [0.15, 0.2) is 0 Å². The lowest BCUT2D eigenvalue weighted by atomic mass is 10.00. The first kappa shape index (κ1) is 12.4. The molecule has 1 aliphatic rings. The highest BCUT2D eigenvalue weighted by atomic mass is 15.0. The van der Waals surface area contributed by atoms with Gasteiger partial charge in [0.25, 0.3) is 0 Å². The molecule has 1 aromatic carbocycles. The number of nitrogens with one attached hydrogen (secondary N) is 1. The SMILES string of the molecule is CCn1ccnc1Cc1cccc2c1CCC2NC. The Bertz CT molecular complexity index is 571. The zero-order valence-corrected chi connectivity index (χ0v) is 11.7. The zero-order valence-electron chi connectivity index (χ0n) is 11.7. The van der Waals surface area contributed by atoms with E-state index >= 15 is 0 Å². The number of aryl methyl sites for hydroxylation is 1. The summed E-state index contributed by atoms with van der Waals surface area (Å²) < 4.78 is 2.23. The van der Waals surface area contributed by atoms with Crippen LogP contribution in [0.3, 0.4) is 0 Å². The first-order valence-corrected chi connectivity index (χ1v) is 7.11. The lowest BCUT2D eigenvalue weighted by Crippen LogP contribution is -2.12. The van der Waals surface area contributed by atoms with E-state index in [2.05, 4.69) is 53.2 Å². The van der Waals surface area contributed by atoms with Crippen LogP contribution in [0.5, 0.6) is 0 Å². The molecule has 100 valence electrons. The Morgan fingerprint density at radius 2 is 2.32 bits per heavy atom. The van der Waals surface area contributed by atoms with Crippen LogP contribution in [0.15, 0.2) is 30.6 Å². The van der Waals surface area contributed by atoms with Crippen LogP contribution >= 0.6 is 0 Å². The molecule has 0 amide bonds. The highest BCUT2D eigenvalue weighted by molar-refractivity contribution is 5.42. The van der Waals surface area contributed by atoms with Crippen molar-refractivity contribution in [2.24, 2.45) is 0 Å². The summed E-state index contributed by atoms with van der Waals surface area (Å²) in [4.78, 5) is 4.49. The van der Waals surface area contributed by atoms with Crippen molar-refractivity contribution in [2.75, 3.05) is 7.05 Å². The standard InChI is InChI=1S/C16H21N3/c1-3-19-10-9-18-16(19)11-12-5-4-6-14-13(12)7-8-15(14)17-2/h4-6,9-10,15,17H,3,7-8,11H2,1-2H3. The van der Waals surface area contributed by atoms with Crippen LogP contribution in [0.2, 0.25) is 0 Å². The van der Waals surface area contributed by atoms with Gasteiger partial charge in [0, 0.05) is 31.4 Å². The highest BCUT2D eigenvalue weighted by Gasteiger charge is 2.23. The maximum atomic E-state index is 4.49. The molecule has 2 aromatic rings. The number of imidazole rings is 1. The number of hydrogen-bond acceptors (Lipinski definition) is 2. The van der Waals surface area contributed by atoms with E-state index in [0.717, 1.165) is 13.0 Å². The van der Waals surface area contributed by atoms with Crippen LogP contribution in [0.25, 0.3) is 0 Å². The number of rotatable bonds is 4. The van der Waals surface area contributed by atoms with E-state index in [4.69, 9.17) is 0 Å². The zero-order chi connectivity index (χ0) is 13.2. The molecule has 0 bridgehead atoms. The third kappa shape index (κ3) is 2.19. The molecule has 3 heteroatoms. The minimum absolute atomic E-state index is 0.529. The summed E-state index contributed by atoms with van der Waals surface area (Å²) >= 11 is 0. The number of nitrogens with zero attached hydrogens (tertiary/aromatic N) is 2. The summed E-state index contributed by atoms with van der Waals surface area (Å²) in [6.07, 6.45) is 7.31. The van der Waals surface area contributed by atoms with Crippen LogP contribution in [0, 0.1) is 0 Å². The van der Waals surface area contributed by atoms with Crippen LogP contribution in [0.4, 0.5) is 0 Å². The van der Waals surface area contributed by atoms with Crippen molar-refractivity contribution < 1.29 is 0 Å². The Balaban J connectivity index is 1.93. The van der Waals surface area contributed by atoms with Gasteiger partial charge in [-0.1, -0.05) is 18.2 Å². The van der Waals surface area contributed by atoms with Crippen LogP contribution in [-0.4, -0.2) is 16.6 Å². The summed E-state index contributed by atoms with van der Waals surface area (Å²) in [6.45, 7) is 3.15. The Hall–Kier alpha value is -1.61. The summed E-state index contributed by atoms with van der Waals surface area (Å²) in [6, 6.07) is 7.23. The van der Waals surface area contributed by atoms with Gasteiger partial charge in [-0.15, -0.1) is 0 Å². The molecular weight excluding hydrogens is 234 g/mol.